The maximum Gasteiger partial charge on any atom is 0.319 e. The first kappa shape index (κ1) is 11.5. The maximum absolute atomic E-state index is 12.6. The molecule has 1 aliphatic rings. The summed E-state index contributed by atoms with van der Waals surface area (Å²) in [6.45, 7) is 0.434. The molecule has 1 aromatic heterocycles. The van der Waals surface area contributed by atoms with Crippen molar-refractivity contribution >= 4 is 0 Å². The fourth-order valence-corrected chi connectivity index (χ4v) is 2.09. The lowest BCUT2D eigenvalue weighted by atomic mass is 10.1. The topological polar surface area (TPSA) is 47.1 Å². The van der Waals surface area contributed by atoms with Crippen molar-refractivity contribution in [1.82, 2.24) is 14.5 Å². The quantitative estimate of drug-likeness (QED) is 0.841. The molecular weight excluding hydrogens is 214 g/mol. The van der Waals surface area contributed by atoms with Crippen LogP contribution in [0.25, 0.3) is 0 Å². The van der Waals surface area contributed by atoms with Crippen molar-refractivity contribution < 1.29 is 8.78 Å². The molecule has 6 heteroatoms. The van der Waals surface area contributed by atoms with Gasteiger partial charge in [-0.25, -0.2) is 4.98 Å². The van der Waals surface area contributed by atoms with E-state index in [1.807, 2.05) is 0 Å². The summed E-state index contributed by atoms with van der Waals surface area (Å²) < 4.78 is 26.0. The number of halogens is 2. The fraction of sp³-hybridized carbons (Fsp3) is 0.700. The van der Waals surface area contributed by atoms with Gasteiger partial charge in [0.05, 0.1) is 6.54 Å². The summed E-state index contributed by atoms with van der Waals surface area (Å²) in [6.07, 6.45) is 3.78. The zero-order valence-corrected chi connectivity index (χ0v) is 9.02. The molecular formula is C10H16F2N4. The molecule has 0 radical (unpaired) electrons. The first-order valence-corrected chi connectivity index (χ1v) is 5.43. The lowest BCUT2D eigenvalue weighted by molar-refractivity contribution is 0.0644. The normalized spacial score (nSPS) is 22.1. The Hall–Kier alpha value is -1.01. The van der Waals surface area contributed by atoms with Gasteiger partial charge in [0.25, 0.3) is 0 Å². The highest BCUT2D eigenvalue weighted by Crippen LogP contribution is 2.19. The Morgan fingerprint density at radius 2 is 2.38 bits per heavy atom. The van der Waals surface area contributed by atoms with Crippen molar-refractivity contribution in [2.75, 3.05) is 19.6 Å². The minimum atomic E-state index is -2.51. The summed E-state index contributed by atoms with van der Waals surface area (Å²) in [5, 5.41) is 0. The fourth-order valence-electron chi connectivity index (χ4n) is 2.09. The van der Waals surface area contributed by atoms with Crippen LogP contribution in [-0.4, -0.2) is 34.1 Å². The van der Waals surface area contributed by atoms with E-state index in [4.69, 9.17) is 5.73 Å². The van der Waals surface area contributed by atoms with Crippen LogP contribution in [0.4, 0.5) is 8.78 Å². The Morgan fingerprint density at radius 1 is 1.56 bits per heavy atom. The first-order chi connectivity index (χ1) is 7.70. The molecule has 1 saturated heterocycles. The number of imidazole rings is 1. The summed E-state index contributed by atoms with van der Waals surface area (Å²) in [5.74, 6) is 0.919. The SMILES string of the molecule is NCC1CCN(Cc2nccn2C(F)F)C1. The third kappa shape index (κ3) is 2.38. The van der Waals surface area contributed by atoms with Gasteiger partial charge in [0, 0.05) is 18.9 Å². The summed E-state index contributed by atoms with van der Waals surface area (Å²) in [7, 11) is 0. The largest absolute Gasteiger partial charge is 0.330 e. The third-order valence-electron chi connectivity index (χ3n) is 3.03. The van der Waals surface area contributed by atoms with E-state index in [2.05, 4.69) is 9.88 Å². The first-order valence-electron chi connectivity index (χ1n) is 5.43. The molecule has 0 aromatic carbocycles. The van der Waals surface area contributed by atoms with Gasteiger partial charge in [-0.05, 0) is 25.4 Å². The summed E-state index contributed by atoms with van der Waals surface area (Å²) in [6, 6.07) is 0. The zero-order valence-electron chi connectivity index (χ0n) is 9.02. The summed E-state index contributed by atoms with van der Waals surface area (Å²) >= 11 is 0. The highest BCUT2D eigenvalue weighted by molar-refractivity contribution is 4.94. The maximum atomic E-state index is 12.6. The molecule has 0 bridgehead atoms. The van der Waals surface area contributed by atoms with Crippen molar-refractivity contribution in [1.29, 1.82) is 0 Å². The highest BCUT2D eigenvalue weighted by atomic mass is 19.3. The number of nitrogens with zero attached hydrogens (tertiary/aromatic N) is 3. The standard InChI is InChI=1S/C10H16F2N4/c11-10(12)16-4-2-14-9(16)7-15-3-1-8(5-13)6-15/h2,4,8,10H,1,3,5-7,13H2. The Labute approximate surface area is 93.0 Å². The lowest BCUT2D eigenvalue weighted by Crippen LogP contribution is -2.24. The number of aromatic nitrogens is 2. The second-order valence-corrected chi connectivity index (χ2v) is 4.15. The van der Waals surface area contributed by atoms with Gasteiger partial charge in [0.2, 0.25) is 0 Å². The van der Waals surface area contributed by atoms with Crippen molar-refractivity contribution in [3.8, 4) is 0 Å². The molecule has 2 rings (SSSR count). The molecule has 0 aliphatic carbocycles. The van der Waals surface area contributed by atoms with E-state index in [1.54, 1.807) is 0 Å². The number of hydrogen-bond donors (Lipinski definition) is 1. The molecule has 16 heavy (non-hydrogen) atoms. The molecule has 1 fully saturated rings. The molecule has 1 atom stereocenters. The Bertz CT molecular complexity index is 339. The molecule has 2 N–H and O–H groups in total. The van der Waals surface area contributed by atoms with Crippen molar-refractivity contribution in [2.45, 2.75) is 19.5 Å². The van der Waals surface area contributed by atoms with Crippen LogP contribution >= 0.6 is 0 Å². The van der Waals surface area contributed by atoms with E-state index in [9.17, 15) is 8.78 Å². The molecule has 1 aliphatic heterocycles. The Kier molecular flexibility index (Phi) is 3.50. The van der Waals surface area contributed by atoms with Crippen LogP contribution in [0.2, 0.25) is 0 Å². The monoisotopic (exact) mass is 230 g/mol. The minimum Gasteiger partial charge on any atom is -0.330 e. The van der Waals surface area contributed by atoms with E-state index >= 15 is 0 Å². The summed E-state index contributed by atoms with van der Waals surface area (Å²) in [5.41, 5.74) is 5.58. The number of rotatable bonds is 4. The molecule has 0 saturated carbocycles. The molecule has 2 heterocycles. The highest BCUT2D eigenvalue weighted by Gasteiger charge is 2.23. The van der Waals surface area contributed by atoms with Gasteiger partial charge < -0.3 is 5.73 Å². The van der Waals surface area contributed by atoms with Crippen LogP contribution in [0, 0.1) is 5.92 Å². The predicted molar refractivity (Wildman–Crippen MR) is 55.9 cm³/mol. The van der Waals surface area contributed by atoms with Crippen LogP contribution in [0.3, 0.4) is 0 Å². The van der Waals surface area contributed by atoms with Crippen molar-refractivity contribution in [3.63, 3.8) is 0 Å². The van der Waals surface area contributed by atoms with Gasteiger partial charge >= 0.3 is 6.55 Å². The molecule has 0 amide bonds. The third-order valence-corrected chi connectivity index (χ3v) is 3.03. The van der Waals surface area contributed by atoms with E-state index in [0.717, 1.165) is 24.1 Å². The summed E-state index contributed by atoms with van der Waals surface area (Å²) in [4.78, 5) is 6.09. The minimum absolute atomic E-state index is 0.424. The second kappa shape index (κ2) is 4.88. The van der Waals surface area contributed by atoms with E-state index in [1.165, 1.54) is 12.4 Å². The van der Waals surface area contributed by atoms with Crippen LogP contribution in [0.1, 0.15) is 18.8 Å². The smallest absolute Gasteiger partial charge is 0.319 e. The number of nitrogens with two attached hydrogens (primary N) is 1. The van der Waals surface area contributed by atoms with E-state index in [-0.39, 0.29) is 0 Å². The Morgan fingerprint density at radius 3 is 3.00 bits per heavy atom. The van der Waals surface area contributed by atoms with Gasteiger partial charge in [-0.2, -0.15) is 8.78 Å². The number of alkyl halides is 2. The average molecular weight is 230 g/mol. The Balaban J connectivity index is 1.96. The zero-order chi connectivity index (χ0) is 11.5. The van der Waals surface area contributed by atoms with Crippen LogP contribution in [0.15, 0.2) is 12.4 Å². The molecule has 1 unspecified atom stereocenters. The van der Waals surface area contributed by atoms with Crippen molar-refractivity contribution in [3.05, 3.63) is 18.2 Å². The van der Waals surface area contributed by atoms with Crippen molar-refractivity contribution in [2.24, 2.45) is 11.7 Å². The van der Waals surface area contributed by atoms with Crippen LogP contribution in [0.5, 0.6) is 0 Å². The van der Waals surface area contributed by atoms with Gasteiger partial charge in [0.1, 0.15) is 5.82 Å². The number of likely N-dealkylation sites (tertiary alicyclic amines) is 1. The van der Waals surface area contributed by atoms with Gasteiger partial charge in [0.15, 0.2) is 0 Å². The molecule has 1 aromatic rings. The van der Waals surface area contributed by atoms with Crippen LogP contribution in [-0.2, 0) is 6.54 Å². The molecule has 90 valence electrons. The van der Waals surface area contributed by atoms with E-state index < -0.39 is 6.55 Å². The second-order valence-electron chi connectivity index (χ2n) is 4.15. The number of hydrogen-bond acceptors (Lipinski definition) is 3. The average Bonchev–Trinajstić information content (AvgIpc) is 2.87. The van der Waals surface area contributed by atoms with Gasteiger partial charge in [-0.15, -0.1) is 0 Å². The molecule has 4 nitrogen and oxygen atoms in total. The van der Waals surface area contributed by atoms with Gasteiger partial charge in [-0.3, -0.25) is 9.47 Å². The van der Waals surface area contributed by atoms with Gasteiger partial charge in [-0.1, -0.05) is 0 Å². The van der Waals surface area contributed by atoms with Crippen LogP contribution < -0.4 is 5.73 Å². The lowest BCUT2D eigenvalue weighted by Gasteiger charge is -2.16. The predicted octanol–water partition coefficient (Wildman–Crippen LogP) is 1.06. The van der Waals surface area contributed by atoms with E-state index in [0.29, 0.717) is 24.8 Å². The molecule has 0 spiro atoms.